The number of nitrogens with zero attached hydrogens (tertiary/aromatic N) is 1. The van der Waals surface area contributed by atoms with Crippen LogP contribution in [0.3, 0.4) is 0 Å². The molecule has 0 amide bonds. The lowest BCUT2D eigenvalue weighted by Crippen LogP contribution is -2.63. The second-order valence-corrected chi connectivity index (χ2v) is 6.92. The molecule has 2 heteroatoms. The first kappa shape index (κ1) is 15.3. The molecule has 2 aliphatic rings. The third-order valence-corrected chi connectivity index (χ3v) is 5.56. The Hall–Kier alpha value is -0.0800. The van der Waals surface area contributed by atoms with Crippen molar-refractivity contribution in [2.45, 2.75) is 83.7 Å². The monoisotopic (exact) mass is 266 g/mol. The Bertz CT molecular complexity index is 254. The largest absolute Gasteiger partial charge is 0.308 e. The van der Waals surface area contributed by atoms with E-state index in [1.54, 1.807) is 0 Å². The van der Waals surface area contributed by atoms with Crippen LogP contribution in [0.1, 0.15) is 72.1 Å². The molecule has 0 aromatic rings. The van der Waals surface area contributed by atoms with Crippen LogP contribution in [-0.2, 0) is 0 Å². The fraction of sp³-hybridized carbons (Fsp3) is 1.00. The molecular formula is C17H34N2. The van der Waals surface area contributed by atoms with Crippen LogP contribution in [0.4, 0.5) is 0 Å². The van der Waals surface area contributed by atoms with Crippen molar-refractivity contribution in [3.63, 3.8) is 0 Å². The summed E-state index contributed by atoms with van der Waals surface area (Å²) < 4.78 is 0. The van der Waals surface area contributed by atoms with Crippen LogP contribution in [0.25, 0.3) is 0 Å². The van der Waals surface area contributed by atoms with Crippen LogP contribution in [0.2, 0.25) is 0 Å². The van der Waals surface area contributed by atoms with E-state index in [9.17, 15) is 0 Å². The van der Waals surface area contributed by atoms with Crippen molar-refractivity contribution in [1.82, 2.24) is 10.2 Å². The Labute approximate surface area is 120 Å². The van der Waals surface area contributed by atoms with Crippen LogP contribution in [0.15, 0.2) is 0 Å². The molecule has 1 heterocycles. The summed E-state index contributed by atoms with van der Waals surface area (Å²) in [6.45, 7) is 10.9. The normalized spacial score (nSPS) is 27.5. The maximum absolute atomic E-state index is 3.93. The van der Waals surface area contributed by atoms with Crippen molar-refractivity contribution < 1.29 is 0 Å². The first-order chi connectivity index (χ1) is 9.23. The average molecular weight is 266 g/mol. The van der Waals surface area contributed by atoms with Crippen LogP contribution in [0.5, 0.6) is 0 Å². The van der Waals surface area contributed by atoms with Gasteiger partial charge in [-0.05, 0) is 25.2 Å². The Kier molecular flexibility index (Phi) is 5.70. The Morgan fingerprint density at radius 3 is 2.42 bits per heavy atom. The van der Waals surface area contributed by atoms with Gasteiger partial charge >= 0.3 is 0 Å². The van der Waals surface area contributed by atoms with Crippen LogP contribution < -0.4 is 5.32 Å². The maximum Gasteiger partial charge on any atom is 0.0309 e. The van der Waals surface area contributed by atoms with Crippen LogP contribution >= 0.6 is 0 Å². The predicted molar refractivity (Wildman–Crippen MR) is 83.5 cm³/mol. The van der Waals surface area contributed by atoms with Crippen molar-refractivity contribution >= 4 is 0 Å². The van der Waals surface area contributed by atoms with E-state index in [0.29, 0.717) is 5.54 Å². The molecule has 1 saturated carbocycles. The summed E-state index contributed by atoms with van der Waals surface area (Å²) in [5.41, 5.74) is 0.482. The average Bonchev–Trinajstić information content (AvgIpc) is 2.87. The Morgan fingerprint density at radius 2 is 1.84 bits per heavy atom. The zero-order chi connectivity index (χ0) is 13.7. The SMILES string of the molecule is CCCC1CNC2(CCCC2)CN1CC(CC)CC. The third-order valence-electron chi connectivity index (χ3n) is 5.56. The van der Waals surface area contributed by atoms with Gasteiger partial charge in [-0.1, -0.05) is 52.9 Å². The van der Waals surface area contributed by atoms with Gasteiger partial charge in [0.2, 0.25) is 0 Å². The van der Waals surface area contributed by atoms with Gasteiger partial charge in [0.05, 0.1) is 0 Å². The topological polar surface area (TPSA) is 15.3 Å². The van der Waals surface area contributed by atoms with E-state index < -0.39 is 0 Å². The molecule has 0 aromatic heterocycles. The smallest absolute Gasteiger partial charge is 0.0309 e. The van der Waals surface area contributed by atoms with E-state index >= 15 is 0 Å². The van der Waals surface area contributed by atoms with Gasteiger partial charge in [-0.15, -0.1) is 0 Å². The minimum absolute atomic E-state index is 0.482. The van der Waals surface area contributed by atoms with Gasteiger partial charge in [0, 0.05) is 31.2 Å². The molecule has 1 aliphatic carbocycles. The second-order valence-electron chi connectivity index (χ2n) is 6.92. The van der Waals surface area contributed by atoms with Gasteiger partial charge in [0.1, 0.15) is 0 Å². The molecule has 0 radical (unpaired) electrons. The van der Waals surface area contributed by atoms with Gasteiger partial charge in [-0.25, -0.2) is 0 Å². The first-order valence-corrected chi connectivity index (χ1v) is 8.72. The molecule has 1 aliphatic heterocycles. The third kappa shape index (κ3) is 3.72. The summed E-state index contributed by atoms with van der Waals surface area (Å²) in [5.74, 6) is 0.899. The summed E-state index contributed by atoms with van der Waals surface area (Å²) in [7, 11) is 0. The van der Waals surface area contributed by atoms with E-state index in [4.69, 9.17) is 0 Å². The number of piperazine rings is 1. The van der Waals surface area contributed by atoms with Crippen molar-refractivity contribution in [3.8, 4) is 0 Å². The Balaban J connectivity index is 1.99. The van der Waals surface area contributed by atoms with E-state index in [0.717, 1.165) is 12.0 Å². The summed E-state index contributed by atoms with van der Waals surface area (Å²) in [4.78, 5) is 2.85. The van der Waals surface area contributed by atoms with Crippen molar-refractivity contribution in [3.05, 3.63) is 0 Å². The molecular weight excluding hydrogens is 232 g/mol. The van der Waals surface area contributed by atoms with Crippen molar-refractivity contribution in [2.75, 3.05) is 19.6 Å². The van der Waals surface area contributed by atoms with Crippen LogP contribution in [-0.4, -0.2) is 36.1 Å². The van der Waals surface area contributed by atoms with Gasteiger partial charge < -0.3 is 5.32 Å². The summed E-state index contributed by atoms with van der Waals surface area (Å²) in [5, 5.41) is 3.93. The van der Waals surface area contributed by atoms with Crippen molar-refractivity contribution in [1.29, 1.82) is 0 Å². The van der Waals surface area contributed by atoms with E-state index in [-0.39, 0.29) is 0 Å². The fourth-order valence-electron chi connectivity index (χ4n) is 4.13. The van der Waals surface area contributed by atoms with Gasteiger partial charge in [0.15, 0.2) is 0 Å². The summed E-state index contributed by atoms with van der Waals surface area (Å²) in [6.07, 6.45) is 11.0. The first-order valence-electron chi connectivity index (χ1n) is 8.72. The molecule has 2 nitrogen and oxygen atoms in total. The minimum Gasteiger partial charge on any atom is -0.308 e. The zero-order valence-electron chi connectivity index (χ0n) is 13.4. The standard InChI is InChI=1S/C17H34N2/c1-4-9-16-12-18-17(10-7-8-11-17)14-19(16)13-15(5-2)6-3/h15-16,18H,4-14H2,1-3H3. The Morgan fingerprint density at radius 1 is 1.16 bits per heavy atom. The molecule has 0 aromatic carbocycles. The molecule has 1 spiro atoms. The molecule has 1 saturated heterocycles. The van der Waals surface area contributed by atoms with Gasteiger partial charge in [-0.3, -0.25) is 4.90 Å². The van der Waals surface area contributed by atoms with Crippen molar-refractivity contribution in [2.24, 2.45) is 5.92 Å². The van der Waals surface area contributed by atoms with Gasteiger partial charge in [-0.2, -0.15) is 0 Å². The number of hydrogen-bond acceptors (Lipinski definition) is 2. The summed E-state index contributed by atoms with van der Waals surface area (Å²) in [6, 6.07) is 0.789. The molecule has 1 unspecified atom stereocenters. The molecule has 1 N–H and O–H groups in total. The van der Waals surface area contributed by atoms with E-state index in [1.165, 1.54) is 71.0 Å². The number of hydrogen-bond donors (Lipinski definition) is 1. The minimum atomic E-state index is 0.482. The highest BCUT2D eigenvalue weighted by atomic mass is 15.3. The van der Waals surface area contributed by atoms with E-state index in [1.807, 2.05) is 0 Å². The summed E-state index contributed by atoms with van der Waals surface area (Å²) >= 11 is 0. The van der Waals surface area contributed by atoms with Crippen LogP contribution in [0, 0.1) is 5.92 Å². The highest BCUT2D eigenvalue weighted by Crippen LogP contribution is 2.34. The highest BCUT2D eigenvalue weighted by molar-refractivity contribution is 5.01. The second kappa shape index (κ2) is 7.08. The van der Waals surface area contributed by atoms with Gasteiger partial charge in [0.25, 0.3) is 0 Å². The van der Waals surface area contributed by atoms with E-state index in [2.05, 4.69) is 31.0 Å². The maximum atomic E-state index is 3.93. The lowest BCUT2D eigenvalue weighted by molar-refractivity contribution is 0.0601. The molecule has 2 fully saturated rings. The zero-order valence-corrected chi connectivity index (χ0v) is 13.4. The quantitative estimate of drug-likeness (QED) is 0.786. The number of nitrogens with one attached hydrogen (secondary N) is 1. The molecule has 19 heavy (non-hydrogen) atoms. The molecule has 2 rings (SSSR count). The highest BCUT2D eigenvalue weighted by Gasteiger charge is 2.40. The lowest BCUT2D eigenvalue weighted by atomic mass is 9.89. The molecule has 112 valence electrons. The molecule has 0 bridgehead atoms. The number of rotatable bonds is 6. The fourth-order valence-corrected chi connectivity index (χ4v) is 4.13. The molecule has 1 atom stereocenters. The lowest BCUT2D eigenvalue weighted by Gasteiger charge is -2.47. The predicted octanol–water partition coefficient (Wildman–Crippen LogP) is 3.81.